The van der Waals surface area contributed by atoms with Crippen LogP contribution in [0, 0.1) is 18.3 Å². The zero-order chi connectivity index (χ0) is 21.3. The SMILES string of the molecule is Cc1cc2c(c(=O)n1CCCn1ccnc1)C(c1cccc(Cl)c1)C(C#N)=C(N)O2. The van der Waals surface area contributed by atoms with Gasteiger partial charge in [0.1, 0.15) is 17.4 Å². The molecule has 8 heteroatoms. The molecular weight excluding hydrogens is 402 g/mol. The number of imidazole rings is 1. The van der Waals surface area contributed by atoms with Crippen molar-refractivity contribution in [3.63, 3.8) is 0 Å². The molecule has 0 spiro atoms. The summed E-state index contributed by atoms with van der Waals surface area (Å²) in [6, 6.07) is 11.0. The molecule has 0 fully saturated rings. The molecule has 1 unspecified atom stereocenters. The van der Waals surface area contributed by atoms with Gasteiger partial charge in [0.05, 0.1) is 17.8 Å². The maximum atomic E-state index is 13.5. The molecule has 0 saturated carbocycles. The van der Waals surface area contributed by atoms with Crippen LogP contribution in [0.4, 0.5) is 0 Å². The molecule has 1 aromatic carbocycles. The Labute approximate surface area is 178 Å². The van der Waals surface area contributed by atoms with Gasteiger partial charge in [-0.2, -0.15) is 5.26 Å². The van der Waals surface area contributed by atoms with Crippen LogP contribution in [-0.4, -0.2) is 14.1 Å². The van der Waals surface area contributed by atoms with Crippen molar-refractivity contribution in [3.05, 3.63) is 92.7 Å². The van der Waals surface area contributed by atoms with Crippen LogP contribution in [0.1, 0.15) is 29.2 Å². The standard InChI is InChI=1S/C22H20ClN5O2/c1-14-10-18-20(22(29)28(14)8-3-7-27-9-6-26-13-27)19(17(12-24)21(25)30-18)15-4-2-5-16(23)11-15/h2,4-6,9-11,13,19H,3,7-8,25H2,1H3. The quantitative estimate of drug-likeness (QED) is 0.681. The van der Waals surface area contributed by atoms with E-state index < -0.39 is 5.92 Å². The second kappa shape index (κ2) is 8.09. The van der Waals surface area contributed by atoms with E-state index >= 15 is 0 Å². The van der Waals surface area contributed by atoms with Crippen LogP contribution in [0.15, 0.2) is 65.3 Å². The fraction of sp³-hybridized carbons (Fsp3) is 0.227. The van der Waals surface area contributed by atoms with Crippen LogP contribution in [0.25, 0.3) is 0 Å². The molecule has 2 N–H and O–H groups in total. The molecule has 1 aliphatic rings. The Hall–Kier alpha value is -3.50. The summed E-state index contributed by atoms with van der Waals surface area (Å²) in [6.45, 7) is 3.13. The van der Waals surface area contributed by atoms with Crippen molar-refractivity contribution in [2.24, 2.45) is 5.73 Å². The number of allylic oxidation sites excluding steroid dienone is 1. The molecule has 0 radical (unpaired) electrons. The van der Waals surface area contributed by atoms with Crippen molar-refractivity contribution >= 4 is 11.6 Å². The molecule has 3 aromatic rings. The molecule has 0 bridgehead atoms. The summed E-state index contributed by atoms with van der Waals surface area (Å²) in [6.07, 6.45) is 6.11. The summed E-state index contributed by atoms with van der Waals surface area (Å²) in [5.41, 5.74) is 7.92. The van der Waals surface area contributed by atoms with Crippen molar-refractivity contribution in [2.75, 3.05) is 0 Å². The van der Waals surface area contributed by atoms with Crippen LogP contribution in [0.3, 0.4) is 0 Å². The average molecular weight is 422 g/mol. The van der Waals surface area contributed by atoms with Crippen LogP contribution in [-0.2, 0) is 13.1 Å². The summed E-state index contributed by atoms with van der Waals surface area (Å²) in [7, 11) is 0. The van der Waals surface area contributed by atoms with Gasteiger partial charge in [-0.1, -0.05) is 23.7 Å². The Morgan fingerprint density at radius 3 is 2.87 bits per heavy atom. The number of hydrogen-bond donors (Lipinski definition) is 1. The molecule has 152 valence electrons. The third-order valence-corrected chi connectivity index (χ3v) is 5.46. The number of benzene rings is 1. The molecule has 0 amide bonds. The number of aryl methyl sites for hydroxylation is 2. The lowest BCUT2D eigenvalue weighted by Gasteiger charge is -2.27. The van der Waals surface area contributed by atoms with Gasteiger partial charge in [-0.25, -0.2) is 4.98 Å². The molecule has 3 heterocycles. The lowest BCUT2D eigenvalue weighted by atomic mass is 9.84. The van der Waals surface area contributed by atoms with Gasteiger partial charge in [0.15, 0.2) is 0 Å². The summed E-state index contributed by atoms with van der Waals surface area (Å²) < 4.78 is 9.36. The second-order valence-electron chi connectivity index (χ2n) is 7.15. The molecule has 7 nitrogen and oxygen atoms in total. The van der Waals surface area contributed by atoms with E-state index in [2.05, 4.69) is 11.1 Å². The first-order chi connectivity index (χ1) is 14.5. The average Bonchev–Trinajstić information content (AvgIpc) is 3.23. The van der Waals surface area contributed by atoms with Gasteiger partial charge in [-0.05, 0) is 31.0 Å². The first-order valence-electron chi connectivity index (χ1n) is 9.52. The Morgan fingerprint density at radius 2 is 2.17 bits per heavy atom. The minimum absolute atomic E-state index is 0.00614. The fourth-order valence-corrected chi connectivity index (χ4v) is 4.01. The third-order valence-electron chi connectivity index (χ3n) is 5.23. The normalized spacial score (nSPS) is 15.4. The van der Waals surface area contributed by atoms with E-state index in [1.54, 1.807) is 41.4 Å². The van der Waals surface area contributed by atoms with E-state index in [0.717, 1.165) is 24.2 Å². The molecule has 1 aliphatic heterocycles. The van der Waals surface area contributed by atoms with Crippen molar-refractivity contribution in [3.8, 4) is 11.8 Å². The number of rotatable bonds is 5. The van der Waals surface area contributed by atoms with Crippen molar-refractivity contribution in [1.29, 1.82) is 5.26 Å². The number of ether oxygens (including phenoxy) is 1. The number of nitrogens with zero attached hydrogens (tertiary/aromatic N) is 4. The third kappa shape index (κ3) is 3.58. The number of halogens is 1. The molecule has 2 aromatic heterocycles. The first-order valence-corrected chi connectivity index (χ1v) is 9.90. The van der Waals surface area contributed by atoms with Gasteiger partial charge in [-0.3, -0.25) is 4.79 Å². The number of pyridine rings is 1. The van der Waals surface area contributed by atoms with Crippen LogP contribution < -0.4 is 16.0 Å². The molecule has 4 rings (SSSR count). The van der Waals surface area contributed by atoms with E-state index in [9.17, 15) is 10.1 Å². The lowest BCUT2D eigenvalue weighted by Crippen LogP contribution is -2.33. The molecule has 30 heavy (non-hydrogen) atoms. The van der Waals surface area contributed by atoms with Crippen molar-refractivity contribution in [1.82, 2.24) is 14.1 Å². The van der Waals surface area contributed by atoms with Crippen LogP contribution in [0.2, 0.25) is 5.02 Å². The maximum absolute atomic E-state index is 13.5. The first kappa shape index (κ1) is 19.8. The number of nitriles is 1. The highest BCUT2D eigenvalue weighted by molar-refractivity contribution is 6.30. The second-order valence-corrected chi connectivity index (χ2v) is 7.59. The Morgan fingerprint density at radius 1 is 1.33 bits per heavy atom. The molecule has 1 atom stereocenters. The Balaban J connectivity index is 1.78. The molecule has 0 saturated heterocycles. The summed E-state index contributed by atoms with van der Waals surface area (Å²) in [5, 5.41) is 10.2. The van der Waals surface area contributed by atoms with Gasteiger partial charge < -0.3 is 19.6 Å². The van der Waals surface area contributed by atoms with Gasteiger partial charge in [0.2, 0.25) is 5.88 Å². The summed E-state index contributed by atoms with van der Waals surface area (Å²) in [4.78, 5) is 17.6. The number of nitrogens with two attached hydrogens (primary N) is 1. The minimum atomic E-state index is -0.634. The highest BCUT2D eigenvalue weighted by Gasteiger charge is 2.34. The van der Waals surface area contributed by atoms with E-state index in [4.69, 9.17) is 22.1 Å². The van der Waals surface area contributed by atoms with E-state index in [-0.39, 0.29) is 17.0 Å². The number of aromatic nitrogens is 3. The topological polar surface area (TPSA) is 98.9 Å². The molecular formula is C22H20ClN5O2. The van der Waals surface area contributed by atoms with Crippen LogP contribution >= 0.6 is 11.6 Å². The largest absolute Gasteiger partial charge is 0.440 e. The van der Waals surface area contributed by atoms with E-state index in [1.165, 1.54) is 0 Å². The zero-order valence-corrected chi connectivity index (χ0v) is 17.1. The van der Waals surface area contributed by atoms with Crippen molar-refractivity contribution < 1.29 is 4.74 Å². The summed E-state index contributed by atoms with van der Waals surface area (Å²) in [5.74, 6) is -0.248. The van der Waals surface area contributed by atoms with E-state index in [1.807, 2.05) is 23.8 Å². The van der Waals surface area contributed by atoms with Gasteiger partial charge in [-0.15, -0.1) is 0 Å². The monoisotopic (exact) mass is 421 g/mol. The number of hydrogen-bond acceptors (Lipinski definition) is 5. The summed E-state index contributed by atoms with van der Waals surface area (Å²) >= 11 is 6.18. The van der Waals surface area contributed by atoms with Crippen LogP contribution in [0.5, 0.6) is 5.75 Å². The minimum Gasteiger partial charge on any atom is -0.440 e. The highest BCUT2D eigenvalue weighted by Crippen LogP contribution is 2.40. The van der Waals surface area contributed by atoms with Gasteiger partial charge in [0.25, 0.3) is 5.56 Å². The van der Waals surface area contributed by atoms with Crippen molar-refractivity contribution in [2.45, 2.75) is 32.4 Å². The van der Waals surface area contributed by atoms with Gasteiger partial charge in [0, 0.05) is 42.3 Å². The van der Waals surface area contributed by atoms with Gasteiger partial charge >= 0.3 is 0 Å². The number of fused-ring (bicyclic) bond motifs is 1. The smallest absolute Gasteiger partial charge is 0.258 e. The lowest BCUT2D eigenvalue weighted by molar-refractivity contribution is 0.387. The Bertz CT molecular complexity index is 1220. The zero-order valence-electron chi connectivity index (χ0n) is 16.4. The predicted molar refractivity (Wildman–Crippen MR) is 113 cm³/mol. The molecule has 0 aliphatic carbocycles. The maximum Gasteiger partial charge on any atom is 0.258 e. The predicted octanol–water partition coefficient (Wildman–Crippen LogP) is 3.32. The fourth-order valence-electron chi connectivity index (χ4n) is 3.81. The highest BCUT2D eigenvalue weighted by atomic mass is 35.5. The Kier molecular flexibility index (Phi) is 5.34. The van der Waals surface area contributed by atoms with E-state index in [0.29, 0.717) is 22.9 Å².